The average molecular weight is 293 g/mol. The molecule has 22 heavy (non-hydrogen) atoms. The smallest absolute Gasteiger partial charge is 0.0442 e. The fourth-order valence-corrected chi connectivity index (χ4v) is 4.23. The van der Waals surface area contributed by atoms with Crippen LogP contribution in [-0.2, 0) is 12.1 Å². The van der Waals surface area contributed by atoms with Crippen LogP contribution >= 0.6 is 0 Å². The molecule has 2 unspecified atom stereocenters. The van der Waals surface area contributed by atoms with Gasteiger partial charge in [0.25, 0.3) is 0 Å². The number of benzene rings is 2. The molecule has 116 valence electrons. The third-order valence-corrected chi connectivity index (χ3v) is 5.00. The van der Waals surface area contributed by atoms with Crippen LogP contribution < -0.4 is 5.32 Å². The van der Waals surface area contributed by atoms with Gasteiger partial charge in [0.05, 0.1) is 0 Å². The van der Waals surface area contributed by atoms with E-state index in [1.807, 2.05) is 0 Å². The van der Waals surface area contributed by atoms with Crippen LogP contribution in [0.25, 0.3) is 0 Å². The van der Waals surface area contributed by atoms with Gasteiger partial charge in [-0.3, -0.25) is 0 Å². The molecule has 0 heterocycles. The Balaban J connectivity index is 1.86. The Hall–Kier alpha value is -1.60. The van der Waals surface area contributed by atoms with Crippen molar-refractivity contribution in [3.63, 3.8) is 0 Å². The summed E-state index contributed by atoms with van der Waals surface area (Å²) in [6, 6.07) is 21.8. The Morgan fingerprint density at radius 3 is 2.00 bits per heavy atom. The highest BCUT2D eigenvalue weighted by Crippen LogP contribution is 2.42. The fourth-order valence-electron chi connectivity index (χ4n) is 4.23. The summed E-state index contributed by atoms with van der Waals surface area (Å²) in [4.78, 5) is 0. The molecule has 2 aromatic carbocycles. The molecule has 2 aromatic rings. The van der Waals surface area contributed by atoms with Gasteiger partial charge in [-0.15, -0.1) is 0 Å². The summed E-state index contributed by atoms with van der Waals surface area (Å²) in [5.74, 6) is 1.54. The Morgan fingerprint density at radius 2 is 1.41 bits per heavy atom. The SMILES string of the molecule is CC1CC(C)CC(NCc2ccccc2)(c2ccccc2)C1. The Morgan fingerprint density at radius 1 is 0.864 bits per heavy atom. The molecule has 1 heteroatoms. The maximum atomic E-state index is 3.93. The predicted molar refractivity (Wildman–Crippen MR) is 93.6 cm³/mol. The van der Waals surface area contributed by atoms with E-state index in [0.29, 0.717) is 0 Å². The highest BCUT2D eigenvalue weighted by atomic mass is 15.0. The maximum absolute atomic E-state index is 3.93. The van der Waals surface area contributed by atoms with Gasteiger partial charge in [0, 0.05) is 12.1 Å². The summed E-state index contributed by atoms with van der Waals surface area (Å²) in [5, 5.41) is 3.93. The van der Waals surface area contributed by atoms with Crippen molar-refractivity contribution >= 4 is 0 Å². The molecule has 0 bridgehead atoms. The Kier molecular flexibility index (Phi) is 4.63. The summed E-state index contributed by atoms with van der Waals surface area (Å²) in [7, 11) is 0. The third-order valence-electron chi connectivity index (χ3n) is 5.00. The minimum absolute atomic E-state index is 0.119. The standard InChI is InChI=1S/C21H27N/c1-17-13-18(2)15-21(14-17,20-11-7-4-8-12-20)22-16-19-9-5-3-6-10-19/h3-12,17-18,22H,13-16H2,1-2H3. The molecule has 0 aliphatic heterocycles. The van der Waals surface area contributed by atoms with Gasteiger partial charge in [-0.1, -0.05) is 74.5 Å². The first-order chi connectivity index (χ1) is 10.7. The van der Waals surface area contributed by atoms with E-state index in [9.17, 15) is 0 Å². The van der Waals surface area contributed by atoms with Crippen molar-refractivity contribution in [2.75, 3.05) is 0 Å². The second kappa shape index (κ2) is 6.66. The molecule has 1 nitrogen and oxygen atoms in total. The lowest BCUT2D eigenvalue weighted by Gasteiger charge is -2.44. The normalized spacial score (nSPS) is 28.5. The van der Waals surface area contributed by atoms with Gasteiger partial charge >= 0.3 is 0 Å². The number of hydrogen-bond donors (Lipinski definition) is 1. The number of rotatable bonds is 4. The van der Waals surface area contributed by atoms with Crippen molar-refractivity contribution in [1.29, 1.82) is 0 Å². The first-order valence-corrected chi connectivity index (χ1v) is 8.52. The summed E-state index contributed by atoms with van der Waals surface area (Å²) < 4.78 is 0. The second-order valence-corrected chi connectivity index (χ2v) is 7.14. The summed E-state index contributed by atoms with van der Waals surface area (Å²) >= 11 is 0. The van der Waals surface area contributed by atoms with E-state index in [-0.39, 0.29) is 5.54 Å². The summed E-state index contributed by atoms with van der Waals surface area (Å²) in [6.45, 7) is 5.74. The van der Waals surface area contributed by atoms with Crippen molar-refractivity contribution in [2.24, 2.45) is 11.8 Å². The highest BCUT2D eigenvalue weighted by molar-refractivity contribution is 5.26. The minimum atomic E-state index is 0.119. The Bertz CT molecular complexity index is 565. The van der Waals surface area contributed by atoms with Gasteiger partial charge in [0.2, 0.25) is 0 Å². The van der Waals surface area contributed by atoms with Crippen molar-refractivity contribution in [2.45, 2.75) is 45.2 Å². The van der Waals surface area contributed by atoms with Gasteiger partial charge in [0.1, 0.15) is 0 Å². The molecule has 1 saturated carbocycles. The van der Waals surface area contributed by atoms with E-state index >= 15 is 0 Å². The third kappa shape index (κ3) is 3.41. The number of nitrogens with one attached hydrogen (secondary N) is 1. The largest absolute Gasteiger partial charge is 0.303 e. The molecule has 1 aliphatic rings. The first kappa shape index (κ1) is 15.3. The quantitative estimate of drug-likeness (QED) is 0.824. The van der Waals surface area contributed by atoms with Crippen molar-refractivity contribution in [3.05, 3.63) is 71.8 Å². The molecule has 0 saturated heterocycles. The van der Waals surface area contributed by atoms with E-state index in [2.05, 4.69) is 79.8 Å². The van der Waals surface area contributed by atoms with Crippen LogP contribution in [0, 0.1) is 11.8 Å². The molecule has 1 fully saturated rings. The summed E-state index contributed by atoms with van der Waals surface area (Å²) in [6.07, 6.45) is 3.81. The molecular formula is C21H27N. The predicted octanol–water partition coefficient (Wildman–Crippen LogP) is 5.13. The lowest BCUT2D eigenvalue weighted by molar-refractivity contribution is 0.141. The van der Waals surface area contributed by atoms with Crippen LogP contribution in [0.3, 0.4) is 0 Å². The molecule has 1 aliphatic carbocycles. The van der Waals surface area contributed by atoms with E-state index in [0.717, 1.165) is 18.4 Å². The average Bonchev–Trinajstić information content (AvgIpc) is 2.54. The van der Waals surface area contributed by atoms with Gasteiger partial charge in [0.15, 0.2) is 0 Å². The van der Waals surface area contributed by atoms with Crippen molar-refractivity contribution in [1.82, 2.24) is 5.32 Å². The van der Waals surface area contributed by atoms with Gasteiger partial charge in [-0.2, -0.15) is 0 Å². The molecule has 2 atom stereocenters. The molecule has 0 amide bonds. The van der Waals surface area contributed by atoms with E-state index < -0.39 is 0 Å². The van der Waals surface area contributed by atoms with Crippen LogP contribution in [0.15, 0.2) is 60.7 Å². The van der Waals surface area contributed by atoms with Gasteiger partial charge in [-0.25, -0.2) is 0 Å². The topological polar surface area (TPSA) is 12.0 Å². The van der Waals surface area contributed by atoms with Crippen LogP contribution in [0.5, 0.6) is 0 Å². The van der Waals surface area contributed by atoms with Crippen molar-refractivity contribution in [3.8, 4) is 0 Å². The highest BCUT2D eigenvalue weighted by Gasteiger charge is 2.38. The zero-order valence-corrected chi connectivity index (χ0v) is 13.8. The molecule has 3 rings (SSSR count). The minimum Gasteiger partial charge on any atom is -0.303 e. The zero-order chi connectivity index (χ0) is 15.4. The van der Waals surface area contributed by atoms with Crippen molar-refractivity contribution < 1.29 is 0 Å². The van der Waals surface area contributed by atoms with Gasteiger partial charge < -0.3 is 5.32 Å². The van der Waals surface area contributed by atoms with Crippen LogP contribution in [0.4, 0.5) is 0 Å². The summed E-state index contributed by atoms with van der Waals surface area (Å²) in [5.41, 5.74) is 2.93. The molecule has 0 radical (unpaired) electrons. The van der Waals surface area contributed by atoms with E-state index in [1.54, 1.807) is 0 Å². The lowest BCUT2D eigenvalue weighted by Crippen LogP contribution is -2.47. The number of hydrogen-bond acceptors (Lipinski definition) is 1. The van der Waals surface area contributed by atoms with Gasteiger partial charge in [-0.05, 0) is 42.2 Å². The monoisotopic (exact) mass is 293 g/mol. The Labute approximate surface area is 134 Å². The van der Waals surface area contributed by atoms with Crippen LogP contribution in [0.2, 0.25) is 0 Å². The zero-order valence-electron chi connectivity index (χ0n) is 13.8. The molecule has 0 spiro atoms. The lowest BCUT2D eigenvalue weighted by atomic mass is 9.68. The first-order valence-electron chi connectivity index (χ1n) is 8.52. The van der Waals surface area contributed by atoms with E-state index in [4.69, 9.17) is 0 Å². The second-order valence-electron chi connectivity index (χ2n) is 7.14. The molecule has 0 aromatic heterocycles. The van der Waals surface area contributed by atoms with Crippen LogP contribution in [0.1, 0.15) is 44.2 Å². The maximum Gasteiger partial charge on any atom is 0.0442 e. The molecular weight excluding hydrogens is 266 g/mol. The van der Waals surface area contributed by atoms with E-state index in [1.165, 1.54) is 30.4 Å². The molecule has 1 N–H and O–H groups in total. The fraction of sp³-hybridized carbons (Fsp3) is 0.429. The van der Waals surface area contributed by atoms with Crippen LogP contribution in [-0.4, -0.2) is 0 Å².